The molecule has 0 saturated carbocycles. The van der Waals surface area contributed by atoms with Crippen molar-refractivity contribution >= 4 is 33.0 Å². The highest BCUT2D eigenvalue weighted by Crippen LogP contribution is 2.30. The van der Waals surface area contributed by atoms with E-state index in [1.807, 2.05) is 13.0 Å². The van der Waals surface area contributed by atoms with Gasteiger partial charge in [0.15, 0.2) is 0 Å². The molecular weight excluding hydrogens is 344 g/mol. The third-order valence-electron chi connectivity index (χ3n) is 3.40. The van der Waals surface area contributed by atoms with Crippen molar-refractivity contribution in [3.05, 3.63) is 40.4 Å². The fraction of sp³-hybridized carbons (Fsp3) is 0.357. The van der Waals surface area contributed by atoms with Gasteiger partial charge in [-0.15, -0.1) is 11.3 Å². The summed E-state index contributed by atoms with van der Waals surface area (Å²) in [6.45, 7) is 2.63. The molecule has 2 aromatic heterocycles. The molecule has 1 fully saturated rings. The van der Waals surface area contributed by atoms with Crippen LogP contribution >= 0.6 is 22.9 Å². The van der Waals surface area contributed by atoms with E-state index in [4.69, 9.17) is 16.3 Å². The van der Waals surface area contributed by atoms with Gasteiger partial charge in [-0.3, -0.25) is 0 Å². The standard InChI is InChI=1S/C14H15ClN2O3S2/c1-2-11-5-6-13(21-11)22(18,19)17-8-10(9-17)20-14-12(15)4-3-7-16-14/h3-7,10H,2,8-9H2,1H3. The second kappa shape index (κ2) is 6.16. The van der Waals surface area contributed by atoms with Crippen LogP contribution in [0.15, 0.2) is 34.7 Å². The molecule has 0 N–H and O–H groups in total. The molecule has 0 spiro atoms. The number of thiophene rings is 1. The number of aryl methyl sites for hydroxylation is 1. The van der Waals surface area contributed by atoms with E-state index in [1.54, 1.807) is 24.4 Å². The minimum absolute atomic E-state index is 0.215. The van der Waals surface area contributed by atoms with Gasteiger partial charge in [-0.25, -0.2) is 13.4 Å². The highest BCUT2D eigenvalue weighted by atomic mass is 35.5. The van der Waals surface area contributed by atoms with Crippen LogP contribution in [0, 0.1) is 0 Å². The molecule has 0 aromatic carbocycles. The lowest BCUT2D eigenvalue weighted by molar-refractivity contribution is 0.0723. The predicted molar refractivity (Wildman–Crippen MR) is 86.1 cm³/mol. The van der Waals surface area contributed by atoms with Crippen molar-refractivity contribution in [1.29, 1.82) is 0 Å². The minimum Gasteiger partial charge on any atom is -0.470 e. The molecule has 3 rings (SSSR count). The topological polar surface area (TPSA) is 59.5 Å². The Morgan fingerprint density at radius 3 is 2.82 bits per heavy atom. The zero-order valence-electron chi connectivity index (χ0n) is 11.9. The van der Waals surface area contributed by atoms with Gasteiger partial charge in [-0.2, -0.15) is 4.31 Å². The zero-order chi connectivity index (χ0) is 15.7. The number of halogens is 1. The number of sulfonamides is 1. The van der Waals surface area contributed by atoms with E-state index in [9.17, 15) is 8.42 Å². The van der Waals surface area contributed by atoms with Gasteiger partial charge < -0.3 is 4.74 Å². The molecular formula is C14H15ClN2O3S2. The molecule has 0 bridgehead atoms. The summed E-state index contributed by atoms with van der Waals surface area (Å²) in [5.74, 6) is 0.343. The largest absolute Gasteiger partial charge is 0.470 e. The minimum atomic E-state index is -3.41. The molecule has 22 heavy (non-hydrogen) atoms. The summed E-state index contributed by atoms with van der Waals surface area (Å²) in [5, 5.41) is 0.426. The number of aromatic nitrogens is 1. The first-order valence-electron chi connectivity index (χ1n) is 6.86. The molecule has 3 heterocycles. The van der Waals surface area contributed by atoms with Crippen LogP contribution in [0.3, 0.4) is 0 Å². The summed E-state index contributed by atoms with van der Waals surface area (Å²) in [5.41, 5.74) is 0. The maximum absolute atomic E-state index is 12.4. The maximum atomic E-state index is 12.4. The Hall–Kier alpha value is -1.15. The highest BCUT2D eigenvalue weighted by Gasteiger charge is 2.39. The SMILES string of the molecule is CCc1ccc(S(=O)(=O)N2CC(Oc3ncccc3Cl)C2)s1. The van der Waals surface area contributed by atoms with Crippen molar-refractivity contribution in [3.63, 3.8) is 0 Å². The predicted octanol–water partition coefficient (Wildman–Crippen LogP) is 2.81. The Morgan fingerprint density at radius 2 is 2.18 bits per heavy atom. The molecule has 0 amide bonds. The van der Waals surface area contributed by atoms with Crippen molar-refractivity contribution in [3.8, 4) is 5.88 Å². The smallest absolute Gasteiger partial charge is 0.252 e. The summed E-state index contributed by atoms with van der Waals surface area (Å²) >= 11 is 7.29. The second-order valence-corrected chi connectivity index (χ2v) is 8.67. The molecule has 1 saturated heterocycles. The lowest BCUT2D eigenvalue weighted by Gasteiger charge is -2.37. The van der Waals surface area contributed by atoms with Gasteiger partial charge >= 0.3 is 0 Å². The molecule has 0 unspecified atom stereocenters. The van der Waals surface area contributed by atoms with Crippen molar-refractivity contribution in [1.82, 2.24) is 9.29 Å². The van der Waals surface area contributed by atoms with E-state index in [2.05, 4.69) is 4.98 Å². The van der Waals surface area contributed by atoms with Crippen LogP contribution in [0.25, 0.3) is 0 Å². The number of hydrogen-bond donors (Lipinski definition) is 0. The van der Waals surface area contributed by atoms with Crippen LogP contribution in [0.4, 0.5) is 0 Å². The fourth-order valence-electron chi connectivity index (χ4n) is 2.10. The van der Waals surface area contributed by atoms with Crippen LogP contribution in [-0.2, 0) is 16.4 Å². The Labute approximate surface area is 138 Å². The van der Waals surface area contributed by atoms with Crippen LogP contribution in [0.5, 0.6) is 5.88 Å². The number of ether oxygens (including phenoxy) is 1. The van der Waals surface area contributed by atoms with E-state index in [0.717, 1.165) is 11.3 Å². The normalized spacial score (nSPS) is 16.5. The van der Waals surface area contributed by atoms with Gasteiger partial charge in [0.25, 0.3) is 10.0 Å². The lowest BCUT2D eigenvalue weighted by Crippen LogP contribution is -2.55. The van der Waals surface area contributed by atoms with E-state index < -0.39 is 10.0 Å². The first kappa shape index (κ1) is 15.7. The molecule has 2 aromatic rings. The van der Waals surface area contributed by atoms with Gasteiger partial charge in [-0.1, -0.05) is 18.5 Å². The summed E-state index contributed by atoms with van der Waals surface area (Å²) in [4.78, 5) is 5.10. The van der Waals surface area contributed by atoms with E-state index in [0.29, 0.717) is 28.2 Å². The molecule has 118 valence electrons. The van der Waals surface area contributed by atoms with Crippen molar-refractivity contribution in [2.24, 2.45) is 0 Å². The molecule has 1 aliphatic rings. The Kier molecular flexibility index (Phi) is 4.40. The number of nitrogens with zero attached hydrogens (tertiary/aromatic N) is 2. The highest BCUT2D eigenvalue weighted by molar-refractivity contribution is 7.91. The fourth-order valence-corrected chi connectivity index (χ4v) is 5.22. The van der Waals surface area contributed by atoms with Gasteiger partial charge in [0.2, 0.25) is 5.88 Å². The number of pyridine rings is 1. The van der Waals surface area contributed by atoms with Gasteiger partial charge in [0.05, 0.1) is 13.1 Å². The van der Waals surface area contributed by atoms with E-state index in [1.165, 1.54) is 15.6 Å². The van der Waals surface area contributed by atoms with Gasteiger partial charge in [-0.05, 0) is 30.7 Å². The maximum Gasteiger partial charge on any atom is 0.252 e. The van der Waals surface area contributed by atoms with Crippen LogP contribution in [0.2, 0.25) is 5.02 Å². The van der Waals surface area contributed by atoms with E-state index >= 15 is 0 Å². The second-order valence-electron chi connectivity index (χ2n) is 4.93. The number of rotatable bonds is 5. The van der Waals surface area contributed by atoms with Crippen molar-refractivity contribution in [2.75, 3.05) is 13.1 Å². The average Bonchev–Trinajstić information content (AvgIpc) is 2.93. The quantitative estimate of drug-likeness (QED) is 0.824. The van der Waals surface area contributed by atoms with Gasteiger partial charge in [0, 0.05) is 11.1 Å². The zero-order valence-corrected chi connectivity index (χ0v) is 14.3. The molecule has 1 aliphatic heterocycles. The van der Waals surface area contributed by atoms with Crippen LogP contribution < -0.4 is 4.74 Å². The first-order valence-corrected chi connectivity index (χ1v) is 9.50. The molecule has 0 aliphatic carbocycles. The molecule has 5 nitrogen and oxygen atoms in total. The number of hydrogen-bond acceptors (Lipinski definition) is 5. The summed E-state index contributed by atoms with van der Waals surface area (Å²) < 4.78 is 32.3. The molecule has 8 heteroatoms. The summed E-state index contributed by atoms with van der Waals surface area (Å²) in [6.07, 6.45) is 2.21. The van der Waals surface area contributed by atoms with Crippen LogP contribution in [0.1, 0.15) is 11.8 Å². The van der Waals surface area contributed by atoms with Crippen molar-refractivity contribution < 1.29 is 13.2 Å². The van der Waals surface area contributed by atoms with E-state index in [-0.39, 0.29) is 6.10 Å². The van der Waals surface area contributed by atoms with Gasteiger partial charge in [0.1, 0.15) is 15.3 Å². The first-order chi connectivity index (χ1) is 10.5. The third kappa shape index (κ3) is 2.99. The third-order valence-corrected chi connectivity index (χ3v) is 7.21. The Morgan fingerprint density at radius 1 is 1.41 bits per heavy atom. The van der Waals surface area contributed by atoms with Crippen LogP contribution in [-0.4, -0.2) is 36.9 Å². The molecule has 0 atom stereocenters. The lowest BCUT2D eigenvalue weighted by atomic mass is 10.2. The monoisotopic (exact) mass is 358 g/mol. The Bertz CT molecular complexity index is 770. The average molecular weight is 359 g/mol. The Balaban J connectivity index is 1.64. The summed E-state index contributed by atoms with van der Waals surface area (Å²) in [7, 11) is -3.41. The summed E-state index contributed by atoms with van der Waals surface area (Å²) in [6, 6.07) is 6.94. The molecule has 0 radical (unpaired) electrons. The van der Waals surface area contributed by atoms with Crippen molar-refractivity contribution in [2.45, 2.75) is 23.7 Å².